The van der Waals surface area contributed by atoms with Crippen molar-refractivity contribution in [2.24, 2.45) is 4.99 Å². The van der Waals surface area contributed by atoms with Crippen LogP contribution in [0.25, 0.3) is 0 Å². The van der Waals surface area contributed by atoms with Gasteiger partial charge in [0, 0.05) is 13.6 Å². The Kier molecular flexibility index (Phi) is 6.11. The van der Waals surface area contributed by atoms with Gasteiger partial charge in [-0.15, -0.1) is 0 Å². The lowest BCUT2D eigenvalue weighted by molar-refractivity contribution is -0.137. The second-order valence-corrected chi connectivity index (χ2v) is 6.32. The Bertz CT molecular complexity index is 752. The van der Waals surface area contributed by atoms with E-state index in [9.17, 15) is 13.2 Å². The Balaban J connectivity index is 2.27. The van der Waals surface area contributed by atoms with Gasteiger partial charge in [0.25, 0.3) is 0 Å². The number of rotatable bonds is 5. The number of benzene rings is 2. The molecule has 0 radical (unpaired) electrons. The SMILES string of the molecule is CCN(C)C=Nc1cc(C)cc(Cc2ccc(C(F)(F)F)cc2)c1Cl. The first-order valence-electron chi connectivity index (χ1n) is 7.90. The minimum Gasteiger partial charge on any atom is -0.366 e. The molecule has 0 bridgehead atoms. The first-order chi connectivity index (χ1) is 11.7. The van der Waals surface area contributed by atoms with Gasteiger partial charge in [0.05, 0.1) is 22.6 Å². The lowest BCUT2D eigenvalue weighted by Gasteiger charge is -2.12. The summed E-state index contributed by atoms with van der Waals surface area (Å²) in [4.78, 5) is 6.33. The van der Waals surface area contributed by atoms with Crippen LogP contribution >= 0.6 is 11.6 Å². The molecule has 2 aromatic rings. The lowest BCUT2D eigenvalue weighted by atomic mass is 10.0. The largest absolute Gasteiger partial charge is 0.416 e. The zero-order chi connectivity index (χ0) is 18.6. The van der Waals surface area contributed by atoms with Gasteiger partial charge in [-0.2, -0.15) is 13.2 Å². The molecule has 6 heteroatoms. The molecule has 134 valence electrons. The number of hydrogen-bond donors (Lipinski definition) is 0. The summed E-state index contributed by atoms with van der Waals surface area (Å²) in [5.41, 5.74) is 2.61. The molecule has 2 nitrogen and oxygen atoms in total. The van der Waals surface area contributed by atoms with E-state index >= 15 is 0 Å². The highest BCUT2D eigenvalue weighted by Crippen LogP contribution is 2.33. The molecule has 2 rings (SSSR count). The van der Waals surface area contributed by atoms with Crippen molar-refractivity contribution in [3.63, 3.8) is 0 Å². The second kappa shape index (κ2) is 7.91. The Labute approximate surface area is 150 Å². The molecule has 0 saturated carbocycles. The highest BCUT2D eigenvalue weighted by atomic mass is 35.5. The topological polar surface area (TPSA) is 15.6 Å². The third kappa shape index (κ3) is 5.23. The average Bonchev–Trinajstić information content (AvgIpc) is 2.55. The van der Waals surface area contributed by atoms with E-state index in [1.807, 2.05) is 37.9 Å². The van der Waals surface area contributed by atoms with E-state index in [-0.39, 0.29) is 0 Å². The molecule has 0 saturated heterocycles. The van der Waals surface area contributed by atoms with Gasteiger partial charge in [-0.05, 0) is 55.2 Å². The van der Waals surface area contributed by atoms with E-state index in [4.69, 9.17) is 11.6 Å². The fraction of sp³-hybridized carbons (Fsp3) is 0.316. The maximum absolute atomic E-state index is 12.7. The van der Waals surface area contributed by atoms with Crippen molar-refractivity contribution >= 4 is 23.6 Å². The van der Waals surface area contributed by atoms with Crippen LogP contribution in [-0.2, 0) is 12.6 Å². The van der Waals surface area contributed by atoms with Crippen molar-refractivity contribution in [2.45, 2.75) is 26.4 Å². The van der Waals surface area contributed by atoms with Crippen LogP contribution in [0.1, 0.15) is 29.2 Å². The summed E-state index contributed by atoms with van der Waals surface area (Å²) in [7, 11) is 1.91. The summed E-state index contributed by atoms with van der Waals surface area (Å²) < 4.78 is 38.0. The van der Waals surface area contributed by atoms with Gasteiger partial charge in [-0.25, -0.2) is 4.99 Å². The molecular weight excluding hydrogens is 349 g/mol. The summed E-state index contributed by atoms with van der Waals surface area (Å²) >= 11 is 6.45. The smallest absolute Gasteiger partial charge is 0.366 e. The number of nitrogens with zero attached hydrogens (tertiary/aromatic N) is 2. The molecule has 0 aliphatic carbocycles. The number of halogens is 4. The minimum absolute atomic E-state index is 0.449. The molecule has 2 aromatic carbocycles. The first-order valence-corrected chi connectivity index (χ1v) is 8.28. The van der Waals surface area contributed by atoms with E-state index in [0.717, 1.165) is 35.4 Å². The van der Waals surface area contributed by atoms with E-state index in [1.54, 1.807) is 6.34 Å². The van der Waals surface area contributed by atoms with Crippen molar-refractivity contribution in [3.05, 3.63) is 63.7 Å². The van der Waals surface area contributed by atoms with Crippen LogP contribution in [0.4, 0.5) is 18.9 Å². The van der Waals surface area contributed by atoms with Gasteiger partial charge in [-0.1, -0.05) is 29.8 Å². The van der Waals surface area contributed by atoms with E-state index < -0.39 is 11.7 Å². The molecule has 0 aromatic heterocycles. The third-order valence-electron chi connectivity index (χ3n) is 3.84. The van der Waals surface area contributed by atoms with Crippen LogP contribution in [0.15, 0.2) is 41.4 Å². The highest BCUT2D eigenvalue weighted by molar-refractivity contribution is 6.33. The molecule has 0 aliphatic rings. The average molecular weight is 369 g/mol. The Morgan fingerprint density at radius 3 is 2.36 bits per heavy atom. The van der Waals surface area contributed by atoms with Crippen LogP contribution in [0, 0.1) is 6.92 Å². The molecular formula is C19H20ClF3N2. The summed E-state index contributed by atoms with van der Waals surface area (Å²) in [5.74, 6) is 0. The van der Waals surface area contributed by atoms with Crippen molar-refractivity contribution in [1.29, 1.82) is 0 Å². The molecule has 0 spiro atoms. The van der Waals surface area contributed by atoms with Gasteiger partial charge in [0.15, 0.2) is 0 Å². The molecule has 0 fully saturated rings. The molecule has 0 heterocycles. The van der Waals surface area contributed by atoms with Gasteiger partial charge in [0.2, 0.25) is 0 Å². The predicted octanol–water partition coefficient (Wildman–Crippen LogP) is 5.87. The van der Waals surface area contributed by atoms with Crippen molar-refractivity contribution in [1.82, 2.24) is 4.90 Å². The molecule has 0 atom stereocenters. The van der Waals surface area contributed by atoms with E-state index in [0.29, 0.717) is 17.1 Å². The molecule has 0 N–H and O–H groups in total. The Morgan fingerprint density at radius 2 is 1.80 bits per heavy atom. The van der Waals surface area contributed by atoms with Gasteiger partial charge in [-0.3, -0.25) is 0 Å². The number of aryl methyl sites for hydroxylation is 1. The third-order valence-corrected chi connectivity index (χ3v) is 4.28. The summed E-state index contributed by atoms with van der Waals surface area (Å²) in [6.07, 6.45) is -2.17. The van der Waals surface area contributed by atoms with Gasteiger partial charge in [0.1, 0.15) is 0 Å². The maximum atomic E-state index is 12.7. The normalized spacial score (nSPS) is 12.0. The monoisotopic (exact) mass is 368 g/mol. The second-order valence-electron chi connectivity index (χ2n) is 5.95. The molecule has 0 unspecified atom stereocenters. The van der Waals surface area contributed by atoms with E-state index in [2.05, 4.69) is 4.99 Å². The first kappa shape index (κ1) is 19.3. The number of aliphatic imine (C=N–C) groups is 1. The summed E-state index contributed by atoms with van der Waals surface area (Å²) in [5, 5.41) is 0.520. The zero-order valence-corrected chi connectivity index (χ0v) is 15.1. The maximum Gasteiger partial charge on any atom is 0.416 e. The highest BCUT2D eigenvalue weighted by Gasteiger charge is 2.29. The predicted molar refractivity (Wildman–Crippen MR) is 96.9 cm³/mol. The van der Waals surface area contributed by atoms with Crippen LogP contribution in [0.3, 0.4) is 0 Å². The lowest BCUT2D eigenvalue weighted by Crippen LogP contribution is -2.14. The fourth-order valence-corrected chi connectivity index (χ4v) is 2.54. The number of alkyl halides is 3. The van der Waals surface area contributed by atoms with Crippen molar-refractivity contribution in [2.75, 3.05) is 13.6 Å². The van der Waals surface area contributed by atoms with Crippen LogP contribution in [0.5, 0.6) is 0 Å². The van der Waals surface area contributed by atoms with Crippen molar-refractivity contribution < 1.29 is 13.2 Å². The molecule has 25 heavy (non-hydrogen) atoms. The summed E-state index contributed by atoms with van der Waals surface area (Å²) in [6.45, 7) is 4.78. The van der Waals surface area contributed by atoms with Crippen molar-refractivity contribution in [3.8, 4) is 0 Å². The van der Waals surface area contributed by atoms with Crippen LogP contribution < -0.4 is 0 Å². The number of hydrogen-bond acceptors (Lipinski definition) is 1. The summed E-state index contributed by atoms with van der Waals surface area (Å²) in [6, 6.07) is 8.97. The quantitative estimate of drug-likeness (QED) is 0.476. The minimum atomic E-state index is -4.33. The van der Waals surface area contributed by atoms with Gasteiger partial charge >= 0.3 is 6.18 Å². The van der Waals surface area contributed by atoms with Gasteiger partial charge < -0.3 is 4.90 Å². The zero-order valence-electron chi connectivity index (χ0n) is 14.4. The van der Waals surface area contributed by atoms with Crippen LogP contribution in [0.2, 0.25) is 5.02 Å². The molecule has 0 aliphatic heterocycles. The van der Waals surface area contributed by atoms with E-state index in [1.165, 1.54) is 12.1 Å². The molecule has 0 amide bonds. The van der Waals surface area contributed by atoms with Crippen LogP contribution in [-0.4, -0.2) is 24.8 Å². The Hall–Kier alpha value is -2.01. The Morgan fingerprint density at radius 1 is 1.16 bits per heavy atom. The standard InChI is InChI=1S/C19H20ClF3N2/c1-4-25(3)12-24-17-10-13(2)9-15(18(17)20)11-14-5-7-16(8-6-14)19(21,22)23/h5-10,12H,4,11H2,1-3H3. The fourth-order valence-electron chi connectivity index (χ4n) is 2.32.